The van der Waals surface area contributed by atoms with Gasteiger partial charge < -0.3 is 5.32 Å². The number of hydrogen-bond donors (Lipinski definition) is 3. The summed E-state index contributed by atoms with van der Waals surface area (Å²) in [6.45, 7) is 8.12. The molecule has 0 radical (unpaired) electrons. The second kappa shape index (κ2) is 6.02. The van der Waals surface area contributed by atoms with Gasteiger partial charge in [0.25, 0.3) is 10.0 Å². The van der Waals surface area contributed by atoms with E-state index in [-0.39, 0.29) is 5.03 Å². The summed E-state index contributed by atoms with van der Waals surface area (Å²) in [5, 5.41) is 9.74. The molecule has 0 aliphatic rings. The minimum Gasteiger partial charge on any atom is -0.316 e. The molecule has 19 heavy (non-hydrogen) atoms. The van der Waals surface area contributed by atoms with Crippen LogP contribution in [0.3, 0.4) is 0 Å². The van der Waals surface area contributed by atoms with Crippen LogP contribution in [0.5, 0.6) is 0 Å². The lowest BCUT2D eigenvalue weighted by Gasteiger charge is -2.27. The third-order valence-corrected chi connectivity index (χ3v) is 5.19. The van der Waals surface area contributed by atoms with Gasteiger partial charge in [-0.15, -0.1) is 0 Å². The number of aryl methyl sites for hydroxylation is 1. The molecule has 0 aliphatic carbocycles. The average molecular weight is 288 g/mol. The normalized spacial score (nSPS) is 12.9. The minimum absolute atomic E-state index is 0.0903. The summed E-state index contributed by atoms with van der Waals surface area (Å²) in [5.74, 6) is 0. The van der Waals surface area contributed by atoms with Gasteiger partial charge in [-0.2, -0.15) is 5.10 Å². The first kappa shape index (κ1) is 16.1. The quantitative estimate of drug-likeness (QED) is 0.705. The third kappa shape index (κ3) is 3.55. The number of hydrogen-bond acceptors (Lipinski definition) is 4. The molecule has 1 aromatic heterocycles. The molecular weight excluding hydrogens is 264 g/mol. The molecule has 0 spiro atoms. The monoisotopic (exact) mass is 288 g/mol. The zero-order valence-corrected chi connectivity index (χ0v) is 13.1. The largest absolute Gasteiger partial charge is 0.316 e. The number of nitrogens with zero attached hydrogens (tertiary/aromatic N) is 1. The molecule has 1 aromatic rings. The summed E-state index contributed by atoms with van der Waals surface area (Å²) >= 11 is 0. The number of aromatic nitrogens is 2. The van der Waals surface area contributed by atoms with Gasteiger partial charge in [-0.3, -0.25) is 5.10 Å². The van der Waals surface area contributed by atoms with Crippen LogP contribution in [-0.2, 0) is 16.6 Å². The van der Waals surface area contributed by atoms with Crippen LogP contribution in [0.1, 0.15) is 44.9 Å². The molecule has 0 bridgehead atoms. The number of sulfonamides is 1. The van der Waals surface area contributed by atoms with E-state index in [1.807, 2.05) is 27.7 Å². The fourth-order valence-corrected chi connectivity index (χ4v) is 3.55. The lowest BCUT2D eigenvalue weighted by molar-refractivity contribution is 0.388. The Bertz CT molecular complexity index is 518. The Morgan fingerprint density at radius 3 is 2.37 bits per heavy atom. The van der Waals surface area contributed by atoms with E-state index in [2.05, 4.69) is 20.2 Å². The van der Waals surface area contributed by atoms with Gasteiger partial charge in [0.1, 0.15) is 0 Å². The molecule has 1 heterocycles. The SMILES string of the molecule is CCC(C)(CC)NS(=O)(=O)c1n[nH]c(C)c1CNC. The standard InChI is InChI=1S/C12H24N4O2S/c1-6-12(4,7-2)16-19(17,18)11-10(8-13-5)9(3)14-15-11/h13,16H,6-8H2,1-5H3,(H,14,15). The van der Waals surface area contributed by atoms with Crippen molar-refractivity contribution in [3.05, 3.63) is 11.3 Å². The van der Waals surface area contributed by atoms with Crippen LogP contribution in [0.2, 0.25) is 0 Å². The van der Waals surface area contributed by atoms with Crippen molar-refractivity contribution < 1.29 is 8.42 Å². The summed E-state index contributed by atoms with van der Waals surface area (Å²) in [5.41, 5.74) is 1.01. The average Bonchev–Trinajstić information content (AvgIpc) is 2.72. The second-order valence-electron chi connectivity index (χ2n) is 5.04. The van der Waals surface area contributed by atoms with Crippen molar-refractivity contribution in [2.75, 3.05) is 7.05 Å². The predicted molar refractivity (Wildman–Crippen MR) is 75.4 cm³/mol. The smallest absolute Gasteiger partial charge is 0.260 e. The van der Waals surface area contributed by atoms with Crippen molar-refractivity contribution in [3.63, 3.8) is 0 Å². The first-order chi connectivity index (χ1) is 8.79. The summed E-state index contributed by atoms with van der Waals surface area (Å²) < 4.78 is 27.7. The highest BCUT2D eigenvalue weighted by molar-refractivity contribution is 7.89. The first-order valence-corrected chi connectivity index (χ1v) is 8.00. The summed E-state index contributed by atoms with van der Waals surface area (Å²) in [7, 11) is -1.83. The Morgan fingerprint density at radius 1 is 1.32 bits per heavy atom. The summed E-state index contributed by atoms with van der Waals surface area (Å²) in [4.78, 5) is 0. The third-order valence-electron chi connectivity index (χ3n) is 3.59. The highest BCUT2D eigenvalue weighted by atomic mass is 32.2. The highest BCUT2D eigenvalue weighted by Gasteiger charge is 2.31. The number of nitrogens with one attached hydrogen (secondary N) is 3. The van der Waals surface area contributed by atoms with Crippen LogP contribution in [0.4, 0.5) is 0 Å². The van der Waals surface area contributed by atoms with Crippen molar-refractivity contribution in [2.45, 2.75) is 57.6 Å². The zero-order chi connectivity index (χ0) is 14.7. The van der Waals surface area contributed by atoms with E-state index in [0.29, 0.717) is 12.1 Å². The minimum atomic E-state index is -3.61. The van der Waals surface area contributed by atoms with Gasteiger partial charge in [-0.1, -0.05) is 13.8 Å². The topological polar surface area (TPSA) is 86.9 Å². The van der Waals surface area contributed by atoms with Crippen LogP contribution < -0.4 is 10.0 Å². The molecule has 0 unspecified atom stereocenters. The maximum atomic E-state index is 12.5. The van der Waals surface area contributed by atoms with E-state index >= 15 is 0 Å². The lowest BCUT2D eigenvalue weighted by Crippen LogP contribution is -2.45. The highest BCUT2D eigenvalue weighted by Crippen LogP contribution is 2.21. The van der Waals surface area contributed by atoms with Gasteiger partial charge in [0, 0.05) is 23.3 Å². The first-order valence-electron chi connectivity index (χ1n) is 6.52. The molecule has 6 nitrogen and oxygen atoms in total. The fraction of sp³-hybridized carbons (Fsp3) is 0.750. The van der Waals surface area contributed by atoms with E-state index in [9.17, 15) is 8.42 Å². The molecule has 0 amide bonds. The van der Waals surface area contributed by atoms with Gasteiger partial charge in [0.05, 0.1) is 0 Å². The van der Waals surface area contributed by atoms with Gasteiger partial charge >= 0.3 is 0 Å². The fourth-order valence-electron chi connectivity index (χ4n) is 1.80. The Labute approximate surface area is 115 Å². The van der Waals surface area contributed by atoms with Gasteiger partial charge in [-0.05, 0) is 33.7 Å². The Morgan fingerprint density at radius 2 is 1.89 bits per heavy atom. The van der Waals surface area contributed by atoms with Crippen LogP contribution in [0.25, 0.3) is 0 Å². The number of aromatic amines is 1. The molecule has 7 heteroatoms. The van der Waals surface area contributed by atoms with E-state index in [4.69, 9.17) is 0 Å². The Balaban J connectivity index is 3.14. The van der Waals surface area contributed by atoms with Crippen LogP contribution in [0.15, 0.2) is 5.03 Å². The maximum Gasteiger partial charge on any atom is 0.260 e. The van der Waals surface area contributed by atoms with Crippen molar-refractivity contribution in [2.24, 2.45) is 0 Å². The molecule has 0 saturated heterocycles. The molecule has 1 rings (SSSR count). The number of H-pyrrole nitrogens is 1. The molecule has 110 valence electrons. The maximum absolute atomic E-state index is 12.5. The van der Waals surface area contributed by atoms with Crippen LogP contribution >= 0.6 is 0 Å². The van der Waals surface area contributed by atoms with E-state index in [0.717, 1.165) is 18.5 Å². The van der Waals surface area contributed by atoms with Gasteiger partial charge in [0.15, 0.2) is 5.03 Å². The molecule has 0 saturated carbocycles. The summed E-state index contributed by atoms with van der Waals surface area (Å²) in [6, 6.07) is 0. The second-order valence-corrected chi connectivity index (χ2v) is 6.63. The predicted octanol–water partition coefficient (Wildman–Crippen LogP) is 1.29. The molecule has 0 aliphatic heterocycles. The molecular formula is C12H24N4O2S. The molecule has 3 N–H and O–H groups in total. The van der Waals surface area contributed by atoms with E-state index < -0.39 is 15.6 Å². The zero-order valence-electron chi connectivity index (χ0n) is 12.3. The van der Waals surface area contributed by atoms with E-state index in [1.165, 1.54) is 0 Å². The number of rotatable bonds is 7. The van der Waals surface area contributed by atoms with Crippen molar-refractivity contribution >= 4 is 10.0 Å². The molecule has 0 atom stereocenters. The van der Waals surface area contributed by atoms with Crippen molar-refractivity contribution in [1.29, 1.82) is 0 Å². The van der Waals surface area contributed by atoms with Crippen molar-refractivity contribution in [3.8, 4) is 0 Å². The van der Waals surface area contributed by atoms with Crippen LogP contribution in [-0.4, -0.2) is 31.2 Å². The Kier molecular flexibility index (Phi) is 5.11. The Hall–Kier alpha value is -0.920. The molecule has 0 aromatic carbocycles. The van der Waals surface area contributed by atoms with Crippen LogP contribution in [0, 0.1) is 6.92 Å². The van der Waals surface area contributed by atoms with Crippen molar-refractivity contribution in [1.82, 2.24) is 20.2 Å². The lowest BCUT2D eigenvalue weighted by atomic mass is 9.98. The molecule has 0 fully saturated rings. The summed E-state index contributed by atoms with van der Waals surface area (Å²) in [6.07, 6.45) is 1.46. The van der Waals surface area contributed by atoms with Gasteiger partial charge in [0.2, 0.25) is 0 Å². The van der Waals surface area contributed by atoms with E-state index in [1.54, 1.807) is 7.05 Å². The van der Waals surface area contributed by atoms with Gasteiger partial charge in [-0.25, -0.2) is 13.1 Å².